The van der Waals surface area contributed by atoms with Crippen molar-refractivity contribution in [2.24, 2.45) is 4.99 Å². The van der Waals surface area contributed by atoms with E-state index in [1.54, 1.807) is 19.2 Å². The number of amides is 1. The Morgan fingerprint density at radius 1 is 1.06 bits per heavy atom. The van der Waals surface area contributed by atoms with E-state index in [4.69, 9.17) is 6.42 Å². The van der Waals surface area contributed by atoms with Gasteiger partial charge in [0.25, 0.3) is 0 Å². The molecule has 2 aromatic rings. The summed E-state index contributed by atoms with van der Waals surface area (Å²) >= 11 is 0. The second-order valence-electron chi connectivity index (χ2n) is 7.71. The summed E-state index contributed by atoms with van der Waals surface area (Å²) in [7, 11) is 1.69. The maximum atomic E-state index is 12.2. The molecule has 0 unspecified atom stereocenters. The minimum atomic E-state index is -0.167. The number of nitrogens with one attached hydrogen (secondary N) is 3. The van der Waals surface area contributed by atoms with E-state index in [0.29, 0.717) is 18.2 Å². The summed E-state index contributed by atoms with van der Waals surface area (Å²) in [6.07, 6.45) is 9.37. The van der Waals surface area contributed by atoms with Crippen molar-refractivity contribution in [3.8, 4) is 12.3 Å². The lowest BCUT2D eigenvalue weighted by atomic mass is 10.1. The molecule has 0 saturated carbocycles. The second kappa shape index (κ2) is 13.8. The van der Waals surface area contributed by atoms with Crippen LogP contribution in [0.3, 0.4) is 0 Å². The average molecular weight is 545 g/mol. The van der Waals surface area contributed by atoms with Crippen molar-refractivity contribution in [3.63, 3.8) is 0 Å². The Labute approximate surface area is 208 Å². The molecule has 0 bridgehead atoms. The Bertz CT molecular complexity index is 930. The Hall–Kier alpha value is -2.57. The number of carbonyl (C=O) groups excluding carboxylic acids is 1. The lowest BCUT2D eigenvalue weighted by Gasteiger charge is -2.26. The third kappa shape index (κ3) is 8.52. The van der Waals surface area contributed by atoms with Crippen LogP contribution in [0.5, 0.6) is 0 Å². The van der Waals surface area contributed by atoms with Gasteiger partial charge in [-0.05, 0) is 55.3 Å². The zero-order chi connectivity index (χ0) is 21.9. The van der Waals surface area contributed by atoms with Crippen molar-refractivity contribution in [1.82, 2.24) is 15.5 Å². The molecule has 0 aliphatic carbocycles. The standard InChI is InChI=1S/C25H31N5O.HI/c1-3-20-8-7-9-23(16-20)29-24(31)18-28-25(26-2)27-17-21-10-12-22(13-11-21)19-30-14-5-4-6-15-30;/h1,7-13,16H,4-6,14-15,17-19H2,2H3,(H,29,31)(H2,26,27,28);1H. The second-order valence-corrected chi connectivity index (χ2v) is 7.71. The van der Waals surface area contributed by atoms with Gasteiger partial charge in [0.2, 0.25) is 5.91 Å². The summed E-state index contributed by atoms with van der Waals surface area (Å²) in [5, 5.41) is 9.11. The summed E-state index contributed by atoms with van der Waals surface area (Å²) < 4.78 is 0. The monoisotopic (exact) mass is 545 g/mol. The first-order valence-electron chi connectivity index (χ1n) is 10.8. The van der Waals surface area contributed by atoms with Gasteiger partial charge in [-0.25, -0.2) is 0 Å². The molecule has 0 atom stereocenters. The molecule has 0 spiro atoms. The molecule has 7 heteroatoms. The Balaban J connectivity index is 0.00000363. The lowest BCUT2D eigenvalue weighted by molar-refractivity contribution is -0.115. The SMILES string of the molecule is C#Cc1cccc(NC(=O)CNC(=NC)NCc2ccc(CN3CCCCC3)cc2)c1.I. The minimum Gasteiger partial charge on any atom is -0.352 e. The number of carbonyl (C=O) groups is 1. The van der Waals surface area contributed by atoms with E-state index in [0.717, 1.165) is 12.1 Å². The quantitative estimate of drug-likeness (QED) is 0.216. The van der Waals surface area contributed by atoms with E-state index in [9.17, 15) is 4.79 Å². The number of hydrogen-bond donors (Lipinski definition) is 3. The first kappa shape index (κ1) is 25.7. The summed E-state index contributed by atoms with van der Waals surface area (Å²) in [6.45, 7) is 4.17. The number of anilines is 1. The molecule has 6 nitrogen and oxygen atoms in total. The van der Waals surface area contributed by atoms with Gasteiger partial charge in [0.1, 0.15) is 0 Å². The van der Waals surface area contributed by atoms with Crippen molar-refractivity contribution >= 4 is 41.5 Å². The van der Waals surface area contributed by atoms with Gasteiger partial charge >= 0.3 is 0 Å². The van der Waals surface area contributed by atoms with Gasteiger partial charge in [0.15, 0.2) is 5.96 Å². The summed E-state index contributed by atoms with van der Waals surface area (Å²) in [4.78, 5) is 18.9. The van der Waals surface area contributed by atoms with Crippen LogP contribution in [0.15, 0.2) is 53.5 Å². The highest BCUT2D eigenvalue weighted by Gasteiger charge is 2.10. The Morgan fingerprint density at radius 2 is 1.78 bits per heavy atom. The lowest BCUT2D eigenvalue weighted by Crippen LogP contribution is -2.41. The van der Waals surface area contributed by atoms with E-state index in [1.807, 2.05) is 12.1 Å². The van der Waals surface area contributed by atoms with E-state index < -0.39 is 0 Å². The first-order valence-corrected chi connectivity index (χ1v) is 10.8. The van der Waals surface area contributed by atoms with Gasteiger partial charge in [0, 0.05) is 31.4 Å². The first-order chi connectivity index (χ1) is 15.2. The predicted octanol–water partition coefficient (Wildman–Crippen LogP) is 3.58. The van der Waals surface area contributed by atoms with Crippen LogP contribution in [-0.2, 0) is 17.9 Å². The summed E-state index contributed by atoms with van der Waals surface area (Å²) in [6, 6.07) is 15.9. The van der Waals surface area contributed by atoms with Gasteiger partial charge in [-0.1, -0.05) is 42.7 Å². The molecule has 0 radical (unpaired) electrons. The maximum absolute atomic E-state index is 12.2. The zero-order valence-electron chi connectivity index (χ0n) is 18.6. The number of likely N-dealkylation sites (tertiary alicyclic amines) is 1. The fourth-order valence-corrected chi connectivity index (χ4v) is 3.60. The van der Waals surface area contributed by atoms with Crippen LogP contribution in [0.1, 0.15) is 36.0 Å². The molecule has 0 aromatic heterocycles. The fourth-order valence-electron chi connectivity index (χ4n) is 3.60. The normalized spacial score (nSPS) is 14.1. The molecule has 1 saturated heterocycles. The molecular weight excluding hydrogens is 513 g/mol. The van der Waals surface area contributed by atoms with Crippen LogP contribution < -0.4 is 16.0 Å². The van der Waals surface area contributed by atoms with Crippen molar-refractivity contribution < 1.29 is 4.79 Å². The van der Waals surface area contributed by atoms with Gasteiger partial charge in [-0.2, -0.15) is 0 Å². The molecule has 1 aliphatic rings. The molecule has 1 heterocycles. The molecule has 1 fully saturated rings. The number of hydrogen-bond acceptors (Lipinski definition) is 3. The molecule has 32 heavy (non-hydrogen) atoms. The van der Waals surface area contributed by atoms with Crippen LogP contribution >= 0.6 is 24.0 Å². The fraction of sp³-hybridized carbons (Fsp3) is 0.360. The van der Waals surface area contributed by atoms with Crippen LogP contribution in [0.2, 0.25) is 0 Å². The average Bonchev–Trinajstić information content (AvgIpc) is 2.81. The molecule has 170 valence electrons. The molecule has 3 N–H and O–H groups in total. The van der Waals surface area contributed by atoms with Gasteiger partial charge < -0.3 is 16.0 Å². The number of aliphatic imine (C=N–C) groups is 1. The number of benzene rings is 2. The molecule has 3 rings (SSSR count). The molecular formula is C25H32IN5O. The number of nitrogens with zero attached hydrogens (tertiary/aromatic N) is 2. The maximum Gasteiger partial charge on any atom is 0.243 e. The van der Waals surface area contributed by atoms with Crippen LogP contribution in [0, 0.1) is 12.3 Å². The van der Waals surface area contributed by atoms with E-state index in [2.05, 4.69) is 56.0 Å². The molecule has 2 aromatic carbocycles. The number of terminal acetylenes is 1. The third-order valence-electron chi connectivity index (χ3n) is 5.29. The predicted molar refractivity (Wildman–Crippen MR) is 142 cm³/mol. The van der Waals surface area contributed by atoms with Gasteiger partial charge in [-0.3, -0.25) is 14.7 Å². The highest BCUT2D eigenvalue weighted by molar-refractivity contribution is 14.0. The van der Waals surface area contributed by atoms with Crippen molar-refractivity contribution in [2.45, 2.75) is 32.4 Å². The van der Waals surface area contributed by atoms with Crippen LogP contribution in [0.4, 0.5) is 5.69 Å². The topological polar surface area (TPSA) is 68.8 Å². The van der Waals surface area contributed by atoms with Crippen LogP contribution in [0.25, 0.3) is 0 Å². The number of guanidine groups is 1. The van der Waals surface area contributed by atoms with Gasteiger partial charge in [0.05, 0.1) is 6.54 Å². The molecule has 1 aliphatic heterocycles. The number of halogens is 1. The Kier molecular flexibility index (Phi) is 11.0. The number of piperidine rings is 1. The van der Waals surface area contributed by atoms with Crippen molar-refractivity contribution in [3.05, 3.63) is 65.2 Å². The number of rotatable bonds is 7. The van der Waals surface area contributed by atoms with Gasteiger partial charge in [-0.15, -0.1) is 30.4 Å². The Morgan fingerprint density at radius 3 is 2.47 bits per heavy atom. The summed E-state index contributed by atoms with van der Waals surface area (Å²) in [5.74, 6) is 2.96. The zero-order valence-corrected chi connectivity index (χ0v) is 20.9. The van der Waals surface area contributed by atoms with Crippen molar-refractivity contribution in [2.75, 3.05) is 32.0 Å². The highest BCUT2D eigenvalue weighted by atomic mass is 127. The van der Waals surface area contributed by atoms with Crippen molar-refractivity contribution in [1.29, 1.82) is 0 Å². The van der Waals surface area contributed by atoms with E-state index in [-0.39, 0.29) is 36.4 Å². The highest BCUT2D eigenvalue weighted by Crippen LogP contribution is 2.13. The third-order valence-corrected chi connectivity index (χ3v) is 5.29. The van der Waals surface area contributed by atoms with Crippen LogP contribution in [-0.4, -0.2) is 43.4 Å². The molecule has 1 amide bonds. The van der Waals surface area contributed by atoms with E-state index >= 15 is 0 Å². The summed E-state index contributed by atoms with van der Waals surface area (Å²) in [5.41, 5.74) is 3.92. The minimum absolute atomic E-state index is 0. The largest absolute Gasteiger partial charge is 0.352 e. The van der Waals surface area contributed by atoms with E-state index in [1.165, 1.54) is 43.5 Å². The smallest absolute Gasteiger partial charge is 0.243 e.